The third-order valence-electron chi connectivity index (χ3n) is 2.66. The molecule has 112 valence electrons. The fraction of sp³-hybridized carbons (Fsp3) is 0.214. The van der Waals surface area contributed by atoms with Crippen molar-refractivity contribution in [1.29, 1.82) is 0 Å². The van der Waals surface area contributed by atoms with E-state index in [9.17, 15) is 8.42 Å². The fourth-order valence-corrected chi connectivity index (χ4v) is 2.62. The van der Waals surface area contributed by atoms with Crippen LogP contribution in [0.15, 0.2) is 53.6 Å². The van der Waals surface area contributed by atoms with Crippen LogP contribution in [-0.4, -0.2) is 26.6 Å². The molecule has 1 heterocycles. The van der Waals surface area contributed by atoms with Gasteiger partial charge in [0.05, 0.1) is 11.5 Å². The van der Waals surface area contributed by atoms with Crippen molar-refractivity contribution in [3.05, 3.63) is 48.7 Å². The quantitative estimate of drug-likeness (QED) is 0.758. The molecule has 2 aromatic rings. The Morgan fingerprint density at radius 2 is 1.90 bits per heavy atom. The molecule has 0 amide bonds. The molecule has 2 rings (SSSR count). The topological polar surface area (TPSA) is 94.3 Å². The van der Waals surface area contributed by atoms with Crippen LogP contribution in [-0.2, 0) is 10.0 Å². The Hall–Kier alpha value is -2.12. The maximum absolute atomic E-state index is 12.2. The van der Waals surface area contributed by atoms with Gasteiger partial charge < -0.3 is 10.5 Å². The van der Waals surface area contributed by atoms with Gasteiger partial charge in [0.1, 0.15) is 11.6 Å². The average molecular weight is 307 g/mol. The van der Waals surface area contributed by atoms with E-state index in [0.717, 1.165) is 6.42 Å². The second kappa shape index (κ2) is 7.05. The lowest BCUT2D eigenvalue weighted by Gasteiger charge is -2.09. The van der Waals surface area contributed by atoms with Crippen molar-refractivity contribution in [3.63, 3.8) is 0 Å². The number of nitrogens with two attached hydrogens (primary N) is 1. The van der Waals surface area contributed by atoms with Crippen LogP contribution >= 0.6 is 0 Å². The molecule has 0 radical (unpaired) electrons. The van der Waals surface area contributed by atoms with E-state index in [4.69, 9.17) is 10.5 Å². The summed E-state index contributed by atoms with van der Waals surface area (Å²) in [6.07, 6.45) is 2.27. The van der Waals surface area contributed by atoms with E-state index in [1.807, 2.05) is 0 Å². The van der Waals surface area contributed by atoms with Crippen LogP contribution in [0.1, 0.15) is 6.42 Å². The molecule has 0 bridgehead atoms. The highest BCUT2D eigenvalue weighted by molar-refractivity contribution is 7.92. The zero-order chi connectivity index (χ0) is 15.1. The number of ether oxygens (including phenoxy) is 1. The monoisotopic (exact) mass is 307 g/mol. The first kappa shape index (κ1) is 15.3. The van der Waals surface area contributed by atoms with E-state index in [-0.39, 0.29) is 10.7 Å². The Balaban J connectivity index is 2.06. The Morgan fingerprint density at radius 3 is 2.52 bits per heavy atom. The SMILES string of the molecule is NCCCOc1ccc(S(=O)(=O)Nc2ccccn2)cc1. The maximum Gasteiger partial charge on any atom is 0.263 e. The Kier molecular flexibility index (Phi) is 5.13. The molecule has 21 heavy (non-hydrogen) atoms. The molecule has 6 nitrogen and oxygen atoms in total. The number of hydrogen-bond donors (Lipinski definition) is 2. The molecule has 3 N–H and O–H groups in total. The summed E-state index contributed by atoms with van der Waals surface area (Å²) in [4.78, 5) is 4.08. The third kappa shape index (κ3) is 4.44. The predicted octanol–water partition coefficient (Wildman–Crippen LogP) is 1.61. The molecule has 0 saturated carbocycles. The smallest absolute Gasteiger partial charge is 0.263 e. The van der Waals surface area contributed by atoms with Crippen molar-refractivity contribution in [2.75, 3.05) is 17.9 Å². The molecule has 1 aromatic carbocycles. The molecule has 0 saturated heterocycles. The van der Waals surface area contributed by atoms with Crippen LogP contribution in [0.4, 0.5) is 5.82 Å². The highest BCUT2D eigenvalue weighted by atomic mass is 32.2. The summed E-state index contributed by atoms with van der Waals surface area (Å²) in [5, 5.41) is 0. The van der Waals surface area contributed by atoms with Crippen LogP contribution in [0.5, 0.6) is 5.75 Å². The first-order valence-electron chi connectivity index (χ1n) is 6.48. The van der Waals surface area contributed by atoms with Gasteiger partial charge in [-0.05, 0) is 49.4 Å². The van der Waals surface area contributed by atoms with Gasteiger partial charge in [0.15, 0.2) is 0 Å². The third-order valence-corrected chi connectivity index (χ3v) is 4.03. The van der Waals surface area contributed by atoms with Crippen molar-refractivity contribution < 1.29 is 13.2 Å². The van der Waals surface area contributed by atoms with Gasteiger partial charge >= 0.3 is 0 Å². The minimum Gasteiger partial charge on any atom is -0.494 e. The highest BCUT2D eigenvalue weighted by Gasteiger charge is 2.14. The molecule has 0 atom stereocenters. The van der Waals surface area contributed by atoms with E-state index in [1.165, 1.54) is 18.3 Å². The van der Waals surface area contributed by atoms with Gasteiger partial charge in [-0.25, -0.2) is 13.4 Å². The van der Waals surface area contributed by atoms with Crippen molar-refractivity contribution in [2.24, 2.45) is 5.73 Å². The number of sulfonamides is 1. The Morgan fingerprint density at radius 1 is 1.14 bits per heavy atom. The average Bonchev–Trinajstić information content (AvgIpc) is 2.49. The molecule has 0 aliphatic rings. The Labute approximate surface area is 124 Å². The number of benzene rings is 1. The molecule has 0 fully saturated rings. The lowest BCUT2D eigenvalue weighted by Crippen LogP contribution is -2.13. The van der Waals surface area contributed by atoms with Gasteiger partial charge in [-0.1, -0.05) is 6.07 Å². The molecule has 0 aliphatic heterocycles. The number of nitrogens with one attached hydrogen (secondary N) is 1. The summed E-state index contributed by atoms with van der Waals surface area (Å²) in [5.41, 5.74) is 5.37. The summed E-state index contributed by atoms with van der Waals surface area (Å²) in [6, 6.07) is 11.2. The number of aromatic nitrogens is 1. The standard InChI is InChI=1S/C14H17N3O3S/c15-9-3-11-20-12-5-7-13(8-6-12)21(18,19)17-14-4-1-2-10-16-14/h1-2,4-8,10H,3,9,11,15H2,(H,16,17). The number of rotatable bonds is 7. The maximum atomic E-state index is 12.2. The van der Waals surface area contributed by atoms with Crippen molar-refractivity contribution in [3.8, 4) is 5.75 Å². The molecular weight excluding hydrogens is 290 g/mol. The summed E-state index contributed by atoms with van der Waals surface area (Å²) >= 11 is 0. The summed E-state index contributed by atoms with van der Waals surface area (Å²) in [6.45, 7) is 1.06. The molecule has 1 aromatic heterocycles. The van der Waals surface area contributed by atoms with Gasteiger partial charge in [-0.3, -0.25) is 4.72 Å². The van der Waals surface area contributed by atoms with Gasteiger partial charge in [-0.2, -0.15) is 0 Å². The second-order valence-electron chi connectivity index (χ2n) is 4.28. The first-order valence-corrected chi connectivity index (χ1v) is 7.97. The lowest BCUT2D eigenvalue weighted by molar-refractivity contribution is 0.313. The zero-order valence-electron chi connectivity index (χ0n) is 11.4. The first-order chi connectivity index (χ1) is 10.1. The highest BCUT2D eigenvalue weighted by Crippen LogP contribution is 2.18. The minimum atomic E-state index is -3.64. The van der Waals surface area contributed by atoms with Crippen LogP contribution in [0.2, 0.25) is 0 Å². The van der Waals surface area contributed by atoms with Crippen LogP contribution in [0.25, 0.3) is 0 Å². The predicted molar refractivity (Wildman–Crippen MR) is 80.7 cm³/mol. The van der Waals surface area contributed by atoms with E-state index in [0.29, 0.717) is 18.9 Å². The lowest BCUT2D eigenvalue weighted by atomic mass is 10.3. The largest absolute Gasteiger partial charge is 0.494 e. The van der Waals surface area contributed by atoms with E-state index in [2.05, 4.69) is 9.71 Å². The van der Waals surface area contributed by atoms with Gasteiger partial charge in [0, 0.05) is 6.20 Å². The second-order valence-corrected chi connectivity index (χ2v) is 5.96. The Bertz CT molecular complexity index is 658. The number of pyridine rings is 1. The van der Waals surface area contributed by atoms with Crippen LogP contribution < -0.4 is 15.2 Å². The number of hydrogen-bond acceptors (Lipinski definition) is 5. The zero-order valence-corrected chi connectivity index (χ0v) is 12.2. The van der Waals surface area contributed by atoms with Crippen molar-refractivity contribution in [2.45, 2.75) is 11.3 Å². The van der Waals surface area contributed by atoms with Crippen molar-refractivity contribution in [1.82, 2.24) is 4.98 Å². The molecule has 7 heteroatoms. The van der Waals surface area contributed by atoms with E-state index < -0.39 is 10.0 Å². The summed E-state index contributed by atoms with van der Waals surface area (Å²) < 4.78 is 32.2. The van der Waals surface area contributed by atoms with E-state index in [1.54, 1.807) is 30.3 Å². The minimum absolute atomic E-state index is 0.152. The van der Waals surface area contributed by atoms with Crippen LogP contribution in [0.3, 0.4) is 0 Å². The van der Waals surface area contributed by atoms with Gasteiger partial charge in [-0.15, -0.1) is 0 Å². The number of nitrogens with zero attached hydrogens (tertiary/aromatic N) is 1. The van der Waals surface area contributed by atoms with Gasteiger partial charge in [0.2, 0.25) is 0 Å². The normalized spacial score (nSPS) is 11.1. The number of anilines is 1. The van der Waals surface area contributed by atoms with Gasteiger partial charge in [0.25, 0.3) is 10.0 Å². The van der Waals surface area contributed by atoms with E-state index >= 15 is 0 Å². The molecule has 0 unspecified atom stereocenters. The molecule has 0 aliphatic carbocycles. The fourth-order valence-electron chi connectivity index (χ4n) is 1.61. The summed E-state index contributed by atoms with van der Waals surface area (Å²) in [7, 11) is -3.64. The summed E-state index contributed by atoms with van der Waals surface area (Å²) in [5.74, 6) is 0.890. The van der Waals surface area contributed by atoms with Crippen molar-refractivity contribution >= 4 is 15.8 Å². The molecule has 0 spiro atoms. The molecular formula is C14H17N3O3S. The van der Waals surface area contributed by atoms with Crippen LogP contribution in [0, 0.1) is 0 Å².